The highest BCUT2D eigenvalue weighted by molar-refractivity contribution is 5.76. The predicted octanol–water partition coefficient (Wildman–Crippen LogP) is 2.60. The summed E-state index contributed by atoms with van der Waals surface area (Å²) in [6.45, 7) is 4.18. The molecule has 0 aliphatic carbocycles. The lowest BCUT2D eigenvalue weighted by Crippen LogP contribution is -2.21. The maximum absolute atomic E-state index is 11.8. The van der Waals surface area contributed by atoms with Gasteiger partial charge in [-0.1, -0.05) is 19.1 Å². The number of hydrogen-bond donors (Lipinski definition) is 0. The fourth-order valence-electron chi connectivity index (χ4n) is 2.72. The van der Waals surface area contributed by atoms with E-state index in [1.807, 2.05) is 32.0 Å². The summed E-state index contributed by atoms with van der Waals surface area (Å²) >= 11 is 0. The predicted molar refractivity (Wildman–Crippen MR) is 64.4 cm³/mol. The van der Waals surface area contributed by atoms with Crippen LogP contribution in [0.3, 0.4) is 0 Å². The number of carbonyl (C=O) groups excluding carboxylic acids is 1. The third-order valence-corrected chi connectivity index (χ3v) is 3.75. The van der Waals surface area contributed by atoms with Crippen LogP contribution in [-0.2, 0) is 15.1 Å². The van der Waals surface area contributed by atoms with Crippen LogP contribution < -0.4 is 9.47 Å². The van der Waals surface area contributed by atoms with Crippen LogP contribution in [-0.4, -0.2) is 12.8 Å². The first-order valence-electron chi connectivity index (χ1n) is 6.26. The quantitative estimate of drug-likeness (QED) is 0.755. The van der Waals surface area contributed by atoms with E-state index in [-0.39, 0.29) is 18.7 Å². The van der Waals surface area contributed by atoms with Gasteiger partial charge in [0.2, 0.25) is 6.79 Å². The molecule has 3 rings (SSSR count). The van der Waals surface area contributed by atoms with Gasteiger partial charge in [0, 0.05) is 12.0 Å². The molecule has 1 aromatic carbocycles. The van der Waals surface area contributed by atoms with E-state index in [4.69, 9.17) is 14.2 Å². The van der Waals surface area contributed by atoms with Crippen molar-refractivity contribution in [1.82, 2.24) is 0 Å². The largest absolute Gasteiger partial charge is 0.454 e. The van der Waals surface area contributed by atoms with Crippen molar-refractivity contribution in [3.05, 3.63) is 23.8 Å². The van der Waals surface area contributed by atoms with E-state index in [0.29, 0.717) is 12.2 Å². The van der Waals surface area contributed by atoms with Crippen molar-refractivity contribution < 1.29 is 19.0 Å². The molecular weight excluding hydrogens is 232 g/mol. The van der Waals surface area contributed by atoms with Crippen molar-refractivity contribution in [1.29, 1.82) is 0 Å². The average molecular weight is 248 g/mol. The maximum Gasteiger partial charge on any atom is 0.309 e. The molecular formula is C14H16O4. The normalized spacial score (nSPS) is 29.4. The van der Waals surface area contributed by atoms with Crippen LogP contribution in [0.5, 0.6) is 11.5 Å². The number of para-hydroxylation sites is 1. The molecule has 4 nitrogen and oxygen atoms in total. The molecule has 0 N–H and O–H groups in total. The minimum Gasteiger partial charge on any atom is -0.454 e. The number of esters is 1. The van der Waals surface area contributed by atoms with Gasteiger partial charge in [0.15, 0.2) is 11.5 Å². The van der Waals surface area contributed by atoms with Crippen LogP contribution in [0.15, 0.2) is 18.2 Å². The van der Waals surface area contributed by atoms with E-state index in [2.05, 4.69) is 0 Å². The number of fused-ring (bicyclic) bond motifs is 1. The zero-order chi connectivity index (χ0) is 12.8. The fraction of sp³-hybridized carbons (Fsp3) is 0.500. The second-order valence-corrected chi connectivity index (χ2v) is 5.00. The van der Waals surface area contributed by atoms with E-state index < -0.39 is 5.60 Å². The molecule has 1 fully saturated rings. The second-order valence-electron chi connectivity index (χ2n) is 5.00. The topological polar surface area (TPSA) is 44.8 Å². The molecule has 0 amide bonds. The SMILES string of the molecule is CC[C@H]1C[C@](C)(c2cccc3c2OCO3)OC1=O. The second kappa shape index (κ2) is 3.90. The lowest BCUT2D eigenvalue weighted by Gasteiger charge is -2.24. The third-order valence-electron chi connectivity index (χ3n) is 3.75. The molecule has 0 radical (unpaired) electrons. The van der Waals surface area contributed by atoms with E-state index in [9.17, 15) is 4.79 Å². The van der Waals surface area contributed by atoms with E-state index in [1.165, 1.54) is 0 Å². The fourth-order valence-corrected chi connectivity index (χ4v) is 2.72. The number of benzene rings is 1. The summed E-state index contributed by atoms with van der Waals surface area (Å²) in [5.74, 6) is 1.30. The minimum atomic E-state index is -0.600. The molecule has 96 valence electrons. The Bertz CT molecular complexity index is 497. The van der Waals surface area contributed by atoms with Gasteiger partial charge in [0.05, 0.1) is 5.92 Å². The molecule has 2 atom stereocenters. The average Bonchev–Trinajstić information content (AvgIpc) is 2.93. The van der Waals surface area contributed by atoms with Crippen molar-refractivity contribution >= 4 is 5.97 Å². The number of rotatable bonds is 2. The van der Waals surface area contributed by atoms with Crippen LogP contribution >= 0.6 is 0 Å². The number of ether oxygens (including phenoxy) is 3. The Balaban J connectivity index is 2.01. The Morgan fingerprint density at radius 2 is 2.22 bits per heavy atom. The van der Waals surface area contributed by atoms with E-state index in [1.54, 1.807) is 0 Å². The highest BCUT2D eigenvalue weighted by Crippen LogP contribution is 2.48. The number of hydrogen-bond acceptors (Lipinski definition) is 4. The summed E-state index contributed by atoms with van der Waals surface area (Å²) in [5, 5.41) is 0. The number of carbonyl (C=O) groups is 1. The van der Waals surface area contributed by atoms with Gasteiger partial charge < -0.3 is 14.2 Å². The zero-order valence-electron chi connectivity index (χ0n) is 10.6. The number of cyclic esters (lactones) is 1. The Hall–Kier alpha value is -1.71. The Labute approximate surface area is 106 Å². The van der Waals surface area contributed by atoms with Crippen molar-refractivity contribution in [3.8, 4) is 11.5 Å². The minimum absolute atomic E-state index is 0.0202. The van der Waals surface area contributed by atoms with Gasteiger partial charge in [-0.2, -0.15) is 0 Å². The van der Waals surface area contributed by atoms with Gasteiger partial charge in [-0.3, -0.25) is 4.79 Å². The first-order valence-corrected chi connectivity index (χ1v) is 6.26. The van der Waals surface area contributed by atoms with E-state index in [0.717, 1.165) is 17.7 Å². The highest BCUT2D eigenvalue weighted by atomic mass is 16.7. The smallest absolute Gasteiger partial charge is 0.309 e. The summed E-state index contributed by atoms with van der Waals surface area (Å²) in [6.07, 6.45) is 1.50. The van der Waals surface area contributed by atoms with Crippen LogP contribution in [0.25, 0.3) is 0 Å². The molecule has 0 unspecified atom stereocenters. The zero-order valence-corrected chi connectivity index (χ0v) is 10.6. The molecule has 0 saturated carbocycles. The van der Waals surface area contributed by atoms with Crippen molar-refractivity contribution in [2.24, 2.45) is 5.92 Å². The first kappa shape index (κ1) is 11.4. The highest BCUT2D eigenvalue weighted by Gasteiger charge is 2.46. The van der Waals surface area contributed by atoms with Gasteiger partial charge >= 0.3 is 5.97 Å². The Morgan fingerprint density at radius 3 is 2.94 bits per heavy atom. The van der Waals surface area contributed by atoms with Crippen molar-refractivity contribution in [2.75, 3.05) is 6.79 Å². The lowest BCUT2D eigenvalue weighted by molar-refractivity contribution is -0.150. The van der Waals surface area contributed by atoms with Crippen LogP contribution in [0, 0.1) is 5.92 Å². The summed E-state index contributed by atoms with van der Waals surface area (Å²) < 4.78 is 16.4. The lowest BCUT2D eigenvalue weighted by atomic mass is 9.87. The van der Waals surface area contributed by atoms with Crippen LogP contribution in [0.2, 0.25) is 0 Å². The summed E-state index contributed by atoms with van der Waals surface area (Å²) in [5.41, 5.74) is 0.304. The molecule has 0 aromatic heterocycles. The van der Waals surface area contributed by atoms with Gasteiger partial charge in [-0.25, -0.2) is 0 Å². The van der Waals surface area contributed by atoms with Gasteiger partial charge in [0.1, 0.15) is 5.60 Å². The summed E-state index contributed by atoms with van der Waals surface area (Å²) in [4.78, 5) is 11.8. The molecule has 2 aliphatic rings. The van der Waals surface area contributed by atoms with Crippen LogP contribution in [0.4, 0.5) is 0 Å². The van der Waals surface area contributed by atoms with Gasteiger partial charge in [-0.15, -0.1) is 0 Å². The van der Waals surface area contributed by atoms with Crippen molar-refractivity contribution in [3.63, 3.8) is 0 Å². The standard InChI is InChI=1S/C14H16O4/c1-3-9-7-14(2,18-13(9)15)10-5-4-6-11-12(10)17-8-16-11/h4-6,9H,3,7-8H2,1-2H3/t9-,14+/m0/s1. The molecule has 18 heavy (non-hydrogen) atoms. The third kappa shape index (κ3) is 1.55. The molecule has 0 bridgehead atoms. The van der Waals surface area contributed by atoms with E-state index >= 15 is 0 Å². The molecule has 1 saturated heterocycles. The summed E-state index contributed by atoms with van der Waals surface area (Å²) in [6, 6.07) is 5.71. The molecule has 1 aromatic rings. The molecule has 2 heterocycles. The van der Waals surface area contributed by atoms with Gasteiger partial charge in [-0.05, 0) is 19.4 Å². The summed E-state index contributed by atoms with van der Waals surface area (Å²) in [7, 11) is 0. The Morgan fingerprint density at radius 1 is 1.39 bits per heavy atom. The Kier molecular flexibility index (Phi) is 2.47. The van der Waals surface area contributed by atoms with Crippen molar-refractivity contribution in [2.45, 2.75) is 32.3 Å². The van der Waals surface area contributed by atoms with Crippen LogP contribution in [0.1, 0.15) is 32.3 Å². The molecule has 0 spiro atoms. The molecule has 2 aliphatic heterocycles. The maximum atomic E-state index is 11.8. The first-order chi connectivity index (χ1) is 8.64. The molecule has 4 heteroatoms. The monoisotopic (exact) mass is 248 g/mol. The van der Waals surface area contributed by atoms with Gasteiger partial charge in [0.25, 0.3) is 0 Å².